The number of primary amides is 1. The van der Waals surface area contributed by atoms with E-state index in [1.54, 1.807) is 0 Å². The average molecular weight is 171 g/mol. The summed E-state index contributed by atoms with van der Waals surface area (Å²) < 4.78 is -0.363. The fourth-order valence-corrected chi connectivity index (χ4v) is 0. The van der Waals surface area contributed by atoms with Gasteiger partial charge in [0.25, 0.3) is 3.91 Å². The van der Waals surface area contributed by atoms with Crippen molar-refractivity contribution in [2.24, 2.45) is 5.73 Å². The zero-order valence-electron chi connectivity index (χ0n) is 1.86. The summed E-state index contributed by atoms with van der Waals surface area (Å²) in [6, 6.07) is 0. The van der Waals surface area contributed by atoms with E-state index in [2.05, 4.69) is 5.73 Å². The van der Waals surface area contributed by atoms with E-state index in [1.807, 2.05) is 0 Å². The van der Waals surface area contributed by atoms with E-state index in [4.69, 9.17) is 0 Å². The summed E-state index contributed by atoms with van der Waals surface area (Å²) in [4.78, 5) is 9.21. The molecule has 0 aliphatic carbocycles. The molecule has 0 rings (SSSR count). The van der Waals surface area contributed by atoms with Gasteiger partial charge in [0.1, 0.15) is 0 Å². The van der Waals surface area contributed by atoms with Crippen LogP contribution in [0.15, 0.2) is 0 Å². The molecule has 0 aromatic carbocycles. The van der Waals surface area contributed by atoms with Gasteiger partial charge in [-0.05, 0) is 0 Å². The van der Waals surface area contributed by atoms with E-state index in [-0.39, 0.29) is 3.91 Å². The Morgan fingerprint density at radius 1 is 2.00 bits per heavy atom. The molecule has 0 saturated heterocycles. The number of halogens is 1. The van der Waals surface area contributed by atoms with Crippen molar-refractivity contribution in [2.75, 3.05) is 0 Å². The molecular weight excluding hydrogens is 169 g/mol. The molecule has 24 valence electrons. The van der Waals surface area contributed by atoms with Crippen LogP contribution in [0.5, 0.6) is 0 Å². The van der Waals surface area contributed by atoms with Gasteiger partial charge in [-0.2, -0.15) is 0 Å². The molecule has 0 saturated carbocycles. The molecule has 1 amide bonds. The van der Waals surface area contributed by atoms with Crippen molar-refractivity contribution < 1.29 is 4.79 Å². The number of carbonyl (C=O) groups excluding carboxylic acids is 1. The first-order valence-corrected chi connectivity index (χ1v) is 1.76. The first kappa shape index (κ1) is 4.20. The zero-order valence-corrected chi connectivity index (χ0v) is 4.02. The predicted octanol–water partition coefficient (Wildman–Crippen LogP) is 0.500. The molecule has 0 aliphatic rings. The van der Waals surface area contributed by atoms with Crippen LogP contribution in [-0.2, 0) is 0 Å². The van der Waals surface area contributed by atoms with E-state index < -0.39 is 0 Å². The van der Waals surface area contributed by atoms with Gasteiger partial charge in [0.05, 0.1) is 0 Å². The summed E-state index contributed by atoms with van der Waals surface area (Å²) in [5, 5.41) is 0. The maximum atomic E-state index is 9.21. The lowest BCUT2D eigenvalue weighted by Crippen LogP contribution is -1.93. The summed E-state index contributed by atoms with van der Waals surface area (Å²) in [5.74, 6) is 0. The van der Waals surface area contributed by atoms with Crippen LogP contribution in [0.2, 0.25) is 0 Å². The molecule has 0 bridgehead atoms. The van der Waals surface area contributed by atoms with Crippen molar-refractivity contribution in [3.05, 3.63) is 0 Å². The van der Waals surface area contributed by atoms with Crippen LogP contribution in [0.1, 0.15) is 0 Å². The second-order valence-corrected chi connectivity index (χ2v) is 1.37. The number of hydrogen-bond donors (Lipinski definition) is 1. The molecule has 3 heteroatoms. The topological polar surface area (TPSA) is 43.1 Å². The minimum Gasteiger partial charge on any atom is -0.361 e. The Morgan fingerprint density at radius 3 is 2.00 bits per heavy atom. The minimum absolute atomic E-state index is 0.363. The average Bonchev–Trinajstić information content (AvgIpc) is 0.811. The number of carbonyl (C=O) groups is 1. The van der Waals surface area contributed by atoms with Gasteiger partial charge in [0.2, 0.25) is 0 Å². The third kappa shape index (κ3) is 79.2. The van der Waals surface area contributed by atoms with Crippen molar-refractivity contribution in [2.45, 2.75) is 0 Å². The quantitative estimate of drug-likeness (QED) is 0.322. The van der Waals surface area contributed by atoms with Gasteiger partial charge < -0.3 is 5.73 Å². The van der Waals surface area contributed by atoms with Gasteiger partial charge in [-0.25, -0.2) is 0 Å². The molecule has 2 N–H and O–H groups in total. The van der Waals surface area contributed by atoms with Crippen LogP contribution in [-0.4, -0.2) is 3.91 Å². The number of nitrogens with two attached hydrogens (primary N) is 1. The van der Waals surface area contributed by atoms with Crippen molar-refractivity contribution in [1.29, 1.82) is 0 Å². The lowest BCUT2D eigenvalue weighted by atomic mass is 11.5. The fourth-order valence-electron chi connectivity index (χ4n) is 0. The Kier molecular flexibility index (Phi) is 1.59. The Labute approximate surface area is 37.5 Å². The molecule has 0 aromatic rings. The SMILES string of the molecule is NC(=O)I. The van der Waals surface area contributed by atoms with Gasteiger partial charge in [0.15, 0.2) is 0 Å². The zero-order chi connectivity index (χ0) is 3.58. The fraction of sp³-hybridized carbons (Fsp3) is 0. The first-order valence-electron chi connectivity index (χ1n) is 0.682. The Morgan fingerprint density at radius 2 is 2.00 bits per heavy atom. The van der Waals surface area contributed by atoms with E-state index in [1.165, 1.54) is 22.6 Å². The molecule has 0 fully saturated rings. The number of hydrogen-bond acceptors (Lipinski definition) is 1. The van der Waals surface area contributed by atoms with Crippen LogP contribution in [0.4, 0.5) is 4.79 Å². The van der Waals surface area contributed by atoms with Crippen molar-refractivity contribution in [3.63, 3.8) is 0 Å². The monoisotopic (exact) mass is 171 g/mol. The first-order chi connectivity index (χ1) is 1.73. The van der Waals surface area contributed by atoms with Crippen LogP contribution < -0.4 is 5.73 Å². The summed E-state index contributed by atoms with van der Waals surface area (Å²) in [6.07, 6.45) is 0. The highest BCUT2D eigenvalue weighted by Crippen LogP contribution is 1.71. The predicted molar refractivity (Wildman–Crippen MR) is 23.6 cm³/mol. The van der Waals surface area contributed by atoms with Crippen LogP contribution in [0, 0.1) is 0 Å². The molecule has 2 nitrogen and oxygen atoms in total. The maximum Gasteiger partial charge on any atom is 0.278 e. The van der Waals surface area contributed by atoms with Gasteiger partial charge in [-0.15, -0.1) is 0 Å². The van der Waals surface area contributed by atoms with Crippen LogP contribution in [0.3, 0.4) is 0 Å². The highest BCUT2D eigenvalue weighted by molar-refractivity contribution is 14.1. The molecule has 0 spiro atoms. The molecule has 0 aliphatic heterocycles. The third-order valence-electron chi connectivity index (χ3n) is 0. The van der Waals surface area contributed by atoms with Gasteiger partial charge in [-0.1, -0.05) is 0 Å². The Balaban J connectivity index is 2.80. The number of rotatable bonds is 0. The van der Waals surface area contributed by atoms with E-state index >= 15 is 0 Å². The van der Waals surface area contributed by atoms with E-state index in [9.17, 15) is 4.79 Å². The molecule has 0 radical (unpaired) electrons. The normalized spacial score (nSPS) is 6.25. The molecule has 4 heavy (non-hydrogen) atoms. The Hall–Kier alpha value is 0.200. The molecule has 0 aromatic heterocycles. The highest BCUT2D eigenvalue weighted by Gasteiger charge is 1.65. The number of amides is 1. The van der Waals surface area contributed by atoms with Gasteiger partial charge >= 0.3 is 0 Å². The molecular formula is CH2INO. The van der Waals surface area contributed by atoms with Crippen molar-refractivity contribution in [1.82, 2.24) is 0 Å². The maximum absolute atomic E-state index is 9.21. The third-order valence-corrected chi connectivity index (χ3v) is 0. The second kappa shape index (κ2) is 1.51. The van der Waals surface area contributed by atoms with E-state index in [0.717, 1.165) is 0 Å². The van der Waals surface area contributed by atoms with Crippen molar-refractivity contribution >= 4 is 26.5 Å². The minimum atomic E-state index is -0.363. The second-order valence-electron chi connectivity index (χ2n) is 0.304. The smallest absolute Gasteiger partial charge is 0.278 e. The van der Waals surface area contributed by atoms with E-state index in [0.29, 0.717) is 0 Å². The van der Waals surface area contributed by atoms with Crippen molar-refractivity contribution in [3.8, 4) is 0 Å². The Bertz CT molecular complexity index is 31.0. The molecule has 0 unspecified atom stereocenters. The summed E-state index contributed by atoms with van der Waals surface area (Å²) >= 11 is 1.48. The molecule has 0 atom stereocenters. The summed E-state index contributed by atoms with van der Waals surface area (Å²) in [7, 11) is 0. The molecule has 0 heterocycles. The van der Waals surface area contributed by atoms with Gasteiger partial charge in [-0.3, -0.25) is 4.79 Å². The van der Waals surface area contributed by atoms with Crippen LogP contribution >= 0.6 is 22.6 Å². The summed E-state index contributed by atoms with van der Waals surface area (Å²) in [5.41, 5.74) is 4.46. The largest absolute Gasteiger partial charge is 0.361 e. The van der Waals surface area contributed by atoms with Gasteiger partial charge in [0, 0.05) is 22.6 Å². The lowest BCUT2D eigenvalue weighted by Gasteiger charge is -1.56. The highest BCUT2D eigenvalue weighted by atomic mass is 127. The lowest BCUT2D eigenvalue weighted by molar-refractivity contribution is 0.269. The van der Waals surface area contributed by atoms with Crippen LogP contribution in [0.25, 0.3) is 0 Å². The standard InChI is InChI=1S/CH2INO/c2-1(3)4/h(H2,3,4). The summed E-state index contributed by atoms with van der Waals surface area (Å²) in [6.45, 7) is 0.